The van der Waals surface area contributed by atoms with Gasteiger partial charge < -0.3 is 4.74 Å². The third-order valence-corrected chi connectivity index (χ3v) is 5.69. The van der Waals surface area contributed by atoms with Crippen LogP contribution in [-0.2, 0) is 6.42 Å². The molecule has 0 spiro atoms. The van der Waals surface area contributed by atoms with E-state index in [2.05, 4.69) is 33.5 Å². The van der Waals surface area contributed by atoms with Gasteiger partial charge >= 0.3 is 0 Å². The van der Waals surface area contributed by atoms with Gasteiger partial charge in [0.25, 0.3) is 0 Å². The third kappa shape index (κ3) is 4.12. The summed E-state index contributed by atoms with van der Waals surface area (Å²) in [4.78, 5) is 0. The molecular formula is C14H21BrN2OS. The summed E-state index contributed by atoms with van der Waals surface area (Å²) in [5.41, 5.74) is 4.28. The minimum Gasteiger partial charge on any atom is -0.496 e. The van der Waals surface area contributed by atoms with E-state index in [9.17, 15) is 0 Å². The van der Waals surface area contributed by atoms with Gasteiger partial charge in [-0.3, -0.25) is 11.3 Å². The van der Waals surface area contributed by atoms with E-state index in [-0.39, 0.29) is 0 Å². The van der Waals surface area contributed by atoms with Crippen LogP contribution < -0.4 is 16.0 Å². The van der Waals surface area contributed by atoms with Crippen molar-refractivity contribution in [2.75, 3.05) is 12.9 Å². The van der Waals surface area contributed by atoms with E-state index in [1.807, 2.05) is 17.8 Å². The maximum Gasteiger partial charge on any atom is 0.133 e. The quantitative estimate of drug-likeness (QED) is 0.636. The fourth-order valence-corrected chi connectivity index (χ4v) is 4.47. The van der Waals surface area contributed by atoms with Crippen molar-refractivity contribution in [3.8, 4) is 5.75 Å². The Kier molecular flexibility index (Phi) is 6.01. The third-order valence-electron chi connectivity index (χ3n) is 3.55. The van der Waals surface area contributed by atoms with Crippen LogP contribution in [0, 0.1) is 0 Å². The molecule has 3 nitrogen and oxygen atoms in total. The summed E-state index contributed by atoms with van der Waals surface area (Å²) in [5, 5.41) is 0.625. The molecule has 106 valence electrons. The first kappa shape index (κ1) is 15.2. The molecule has 1 aliphatic rings. The molecule has 0 saturated carbocycles. The van der Waals surface area contributed by atoms with Gasteiger partial charge in [-0.05, 0) is 58.6 Å². The number of nitrogens with two attached hydrogens (primary N) is 1. The number of hydrogen-bond acceptors (Lipinski definition) is 4. The normalized spacial score (nSPS) is 21.1. The fraction of sp³-hybridized carbons (Fsp3) is 0.571. The molecule has 5 heteroatoms. The number of rotatable bonds is 5. The van der Waals surface area contributed by atoms with Crippen LogP contribution in [0.2, 0.25) is 0 Å². The van der Waals surface area contributed by atoms with Gasteiger partial charge in [0.2, 0.25) is 0 Å². The molecule has 0 amide bonds. The Balaban J connectivity index is 2.03. The van der Waals surface area contributed by atoms with E-state index in [1.54, 1.807) is 7.11 Å². The molecule has 0 radical (unpaired) electrons. The number of ether oxygens (including phenoxy) is 1. The van der Waals surface area contributed by atoms with Crippen molar-refractivity contribution >= 4 is 27.7 Å². The lowest BCUT2D eigenvalue weighted by Gasteiger charge is -2.29. The van der Waals surface area contributed by atoms with E-state index >= 15 is 0 Å². The van der Waals surface area contributed by atoms with E-state index < -0.39 is 0 Å². The SMILES string of the molecule is COc1ccc(CC(NN)C2CCCCS2)cc1Br. The lowest BCUT2D eigenvalue weighted by atomic mass is 10.00. The Labute approximate surface area is 127 Å². The molecular weight excluding hydrogens is 324 g/mol. The number of methoxy groups -OCH3 is 1. The molecule has 1 saturated heterocycles. The predicted octanol–water partition coefficient (Wildman–Crippen LogP) is 3.12. The number of hydrogen-bond donors (Lipinski definition) is 2. The summed E-state index contributed by atoms with van der Waals surface area (Å²) in [6.45, 7) is 0. The Morgan fingerprint density at radius 1 is 1.53 bits per heavy atom. The van der Waals surface area contributed by atoms with Gasteiger partial charge in [-0.15, -0.1) is 0 Å². The summed E-state index contributed by atoms with van der Waals surface area (Å²) in [7, 11) is 1.68. The second-order valence-electron chi connectivity index (χ2n) is 4.85. The maximum absolute atomic E-state index is 5.75. The van der Waals surface area contributed by atoms with Crippen LogP contribution in [0.3, 0.4) is 0 Å². The standard InChI is InChI=1S/C14H21BrN2OS/c1-18-13-6-5-10(8-11(13)15)9-12(17-16)14-4-2-3-7-19-14/h5-6,8,12,14,17H,2-4,7,9,16H2,1H3. The summed E-state index contributed by atoms with van der Waals surface area (Å²) in [5.74, 6) is 7.87. The molecule has 0 aliphatic carbocycles. The number of thioether (sulfide) groups is 1. The minimum atomic E-state index is 0.339. The molecule has 1 aromatic carbocycles. The highest BCUT2D eigenvalue weighted by Crippen LogP contribution is 2.30. The molecule has 0 aromatic heterocycles. The average molecular weight is 345 g/mol. The first-order valence-corrected chi connectivity index (χ1v) is 8.49. The van der Waals surface area contributed by atoms with E-state index in [1.165, 1.54) is 30.6 Å². The van der Waals surface area contributed by atoms with Crippen LogP contribution in [0.1, 0.15) is 24.8 Å². The van der Waals surface area contributed by atoms with Crippen molar-refractivity contribution in [2.24, 2.45) is 5.84 Å². The minimum absolute atomic E-state index is 0.339. The van der Waals surface area contributed by atoms with Crippen LogP contribution in [0.25, 0.3) is 0 Å². The van der Waals surface area contributed by atoms with Gasteiger partial charge in [0.15, 0.2) is 0 Å². The van der Waals surface area contributed by atoms with Crippen LogP contribution in [0.5, 0.6) is 5.75 Å². The molecule has 1 heterocycles. The van der Waals surface area contributed by atoms with Gasteiger partial charge in [-0.25, -0.2) is 0 Å². The van der Waals surface area contributed by atoms with Crippen molar-refractivity contribution in [2.45, 2.75) is 37.0 Å². The highest BCUT2D eigenvalue weighted by atomic mass is 79.9. The highest BCUT2D eigenvalue weighted by Gasteiger charge is 2.23. The summed E-state index contributed by atoms with van der Waals surface area (Å²) in [6.07, 6.45) is 4.88. The Bertz CT molecular complexity index is 410. The van der Waals surface area contributed by atoms with E-state index in [0.29, 0.717) is 11.3 Å². The first-order valence-electron chi connectivity index (χ1n) is 6.64. The number of halogens is 1. The first-order chi connectivity index (χ1) is 9.24. The zero-order valence-corrected chi connectivity index (χ0v) is 13.6. The van der Waals surface area contributed by atoms with Gasteiger partial charge in [0, 0.05) is 11.3 Å². The summed E-state index contributed by atoms with van der Waals surface area (Å²) < 4.78 is 6.26. The molecule has 2 rings (SSSR count). The van der Waals surface area contributed by atoms with Crippen LogP contribution in [0.4, 0.5) is 0 Å². The van der Waals surface area contributed by atoms with Crippen LogP contribution >= 0.6 is 27.7 Å². The largest absolute Gasteiger partial charge is 0.496 e. The molecule has 1 fully saturated rings. The zero-order valence-electron chi connectivity index (χ0n) is 11.2. The monoisotopic (exact) mass is 344 g/mol. The Morgan fingerprint density at radius 2 is 2.37 bits per heavy atom. The second kappa shape index (κ2) is 7.53. The molecule has 0 bridgehead atoms. The van der Waals surface area contributed by atoms with Gasteiger partial charge in [-0.2, -0.15) is 11.8 Å². The fourth-order valence-electron chi connectivity index (χ4n) is 2.47. The summed E-state index contributed by atoms with van der Waals surface area (Å²) in [6, 6.07) is 6.57. The molecule has 19 heavy (non-hydrogen) atoms. The van der Waals surface area contributed by atoms with Crippen molar-refractivity contribution in [3.05, 3.63) is 28.2 Å². The second-order valence-corrected chi connectivity index (χ2v) is 7.05. The molecule has 3 N–H and O–H groups in total. The molecule has 1 aromatic rings. The van der Waals surface area contributed by atoms with Crippen LogP contribution in [-0.4, -0.2) is 24.2 Å². The van der Waals surface area contributed by atoms with Crippen LogP contribution in [0.15, 0.2) is 22.7 Å². The topological polar surface area (TPSA) is 47.3 Å². The zero-order chi connectivity index (χ0) is 13.7. The molecule has 2 unspecified atom stereocenters. The predicted molar refractivity (Wildman–Crippen MR) is 85.6 cm³/mol. The number of nitrogens with one attached hydrogen (secondary N) is 1. The van der Waals surface area contributed by atoms with Crippen molar-refractivity contribution in [3.63, 3.8) is 0 Å². The highest BCUT2D eigenvalue weighted by molar-refractivity contribution is 9.10. The lowest BCUT2D eigenvalue weighted by molar-refractivity contribution is 0.411. The number of benzene rings is 1. The number of hydrazine groups is 1. The Hall–Kier alpha value is -0.230. The van der Waals surface area contributed by atoms with Gasteiger partial charge in [0.05, 0.1) is 11.6 Å². The van der Waals surface area contributed by atoms with E-state index in [4.69, 9.17) is 10.6 Å². The molecule has 1 aliphatic heterocycles. The summed E-state index contributed by atoms with van der Waals surface area (Å²) >= 11 is 5.58. The van der Waals surface area contributed by atoms with Gasteiger partial charge in [0.1, 0.15) is 5.75 Å². The van der Waals surface area contributed by atoms with Gasteiger partial charge in [-0.1, -0.05) is 12.5 Å². The van der Waals surface area contributed by atoms with Crippen molar-refractivity contribution in [1.29, 1.82) is 0 Å². The maximum atomic E-state index is 5.75. The van der Waals surface area contributed by atoms with E-state index in [0.717, 1.165) is 16.6 Å². The van der Waals surface area contributed by atoms with Crippen molar-refractivity contribution < 1.29 is 4.74 Å². The Morgan fingerprint density at radius 3 is 2.95 bits per heavy atom. The van der Waals surface area contributed by atoms with Crippen molar-refractivity contribution in [1.82, 2.24) is 5.43 Å². The molecule has 2 atom stereocenters. The lowest BCUT2D eigenvalue weighted by Crippen LogP contribution is -2.45. The average Bonchev–Trinajstić information content (AvgIpc) is 2.46. The smallest absolute Gasteiger partial charge is 0.133 e.